The number of amides is 1. The number of methoxy groups -OCH3 is 1. The minimum atomic E-state index is -0.107. The molecule has 0 unspecified atom stereocenters. The van der Waals surface area contributed by atoms with E-state index in [9.17, 15) is 4.79 Å². The zero-order chi connectivity index (χ0) is 21.3. The van der Waals surface area contributed by atoms with Crippen molar-refractivity contribution in [2.45, 2.75) is 39.7 Å². The number of furan rings is 1. The molecule has 8 heteroatoms. The SMILES string of the molecule is COc1cc(CNC(=O)CCc2nc(-c3ccco3)no2)ccc1OCCC(C)C. The molecule has 1 N–H and O–H groups in total. The highest BCUT2D eigenvalue weighted by atomic mass is 16.5. The third-order valence-corrected chi connectivity index (χ3v) is 4.45. The van der Waals surface area contributed by atoms with E-state index in [4.69, 9.17) is 18.4 Å². The van der Waals surface area contributed by atoms with Crippen molar-refractivity contribution in [3.63, 3.8) is 0 Å². The second kappa shape index (κ2) is 10.5. The standard InChI is InChI=1S/C22H27N3O5/c1-15(2)10-12-29-17-7-6-16(13-19(17)27-3)14-23-20(26)8-9-21-24-22(25-30-21)18-5-4-11-28-18/h4-7,11,13,15H,8-10,12,14H2,1-3H3,(H,23,26). The Kier molecular flexibility index (Phi) is 7.48. The average Bonchev–Trinajstić information content (AvgIpc) is 3.42. The summed E-state index contributed by atoms with van der Waals surface area (Å²) in [5.41, 5.74) is 0.925. The molecule has 0 fully saturated rings. The second-order valence-corrected chi connectivity index (χ2v) is 7.28. The number of carbonyl (C=O) groups is 1. The van der Waals surface area contributed by atoms with E-state index >= 15 is 0 Å². The number of ether oxygens (including phenoxy) is 2. The Morgan fingerprint density at radius 2 is 2.10 bits per heavy atom. The average molecular weight is 413 g/mol. The van der Waals surface area contributed by atoms with Gasteiger partial charge >= 0.3 is 0 Å². The van der Waals surface area contributed by atoms with Crippen LogP contribution in [0.4, 0.5) is 0 Å². The van der Waals surface area contributed by atoms with Crippen molar-refractivity contribution in [1.82, 2.24) is 15.5 Å². The van der Waals surface area contributed by atoms with Gasteiger partial charge in [-0.1, -0.05) is 25.1 Å². The van der Waals surface area contributed by atoms with Crippen LogP contribution in [0.5, 0.6) is 11.5 Å². The van der Waals surface area contributed by atoms with Gasteiger partial charge in [0, 0.05) is 19.4 Å². The van der Waals surface area contributed by atoms with Crippen LogP contribution in [0.25, 0.3) is 11.6 Å². The van der Waals surface area contributed by atoms with Crippen LogP contribution in [0.2, 0.25) is 0 Å². The van der Waals surface area contributed by atoms with Gasteiger partial charge in [-0.25, -0.2) is 0 Å². The summed E-state index contributed by atoms with van der Waals surface area (Å²) in [5, 5.41) is 6.74. The van der Waals surface area contributed by atoms with Crippen LogP contribution < -0.4 is 14.8 Å². The number of hydrogen-bond donors (Lipinski definition) is 1. The van der Waals surface area contributed by atoms with E-state index < -0.39 is 0 Å². The van der Waals surface area contributed by atoms with Gasteiger partial charge in [0.05, 0.1) is 20.0 Å². The van der Waals surface area contributed by atoms with Gasteiger partial charge in [0.2, 0.25) is 17.6 Å². The fraction of sp³-hybridized carbons (Fsp3) is 0.409. The van der Waals surface area contributed by atoms with Crippen LogP contribution in [-0.4, -0.2) is 29.8 Å². The maximum Gasteiger partial charge on any atom is 0.238 e. The van der Waals surface area contributed by atoms with Crippen LogP contribution in [0.1, 0.15) is 38.1 Å². The molecule has 30 heavy (non-hydrogen) atoms. The summed E-state index contributed by atoms with van der Waals surface area (Å²) in [7, 11) is 1.61. The Balaban J connectivity index is 1.46. The fourth-order valence-electron chi connectivity index (χ4n) is 2.72. The lowest BCUT2D eigenvalue weighted by Crippen LogP contribution is -2.23. The number of nitrogens with one attached hydrogen (secondary N) is 1. The van der Waals surface area contributed by atoms with Gasteiger partial charge in [0.15, 0.2) is 17.3 Å². The first-order valence-corrected chi connectivity index (χ1v) is 9.98. The molecular formula is C22H27N3O5. The van der Waals surface area contributed by atoms with Crippen molar-refractivity contribution in [1.29, 1.82) is 0 Å². The number of benzene rings is 1. The van der Waals surface area contributed by atoms with Gasteiger partial charge in [-0.05, 0) is 42.2 Å². The highest BCUT2D eigenvalue weighted by molar-refractivity contribution is 5.76. The molecule has 0 atom stereocenters. The van der Waals surface area contributed by atoms with Gasteiger partial charge in [0.1, 0.15) is 0 Å². The third kappa shape index (κ3) is 6.10. The second-order valence-electron chi connectivity index (χ2n) is 7.28. The fourth-order valence-corrected chi connectivity index (χ4v) is 2.72. The van der Waals surface area contributed by atoms with Crippen molar-refractivity contribution in [2.24, 2.45) is 5.92 Å². The molecule has 1 aromatic carbocycles. The number of nitrogens with zero attached hydrogens (tertiary/aromatic N) is 2. The topological polar surface area (TPSA) is 99.6 Å². The summed E-state index contributed by atoms with van der Waals surface area (Å²) in [6, 6.07) is 9.16. The predicted molar refractivity (Wildman–Crippen MR) is 110 cm³/mol. The summed E-state index contributed by atoms with van der Waals surface area (Å²) >= 11 is 0. The molecule has 160 valence electrons. The van der Waals surface area contributed by atoms with E-state index in [1.54, 1.807) is 19.2 Å². The largest absolute Gasteiger partial charge is 0.493 e. The molecule has 1 amide bonds. The van der Waals surface area contributed by atoms with Gasteiger partial charge in [-0.3, -0.25) is 4.79 Å². The van der Waals surface area contributed by atoms with Crippen molar-refractivity contribution in [2.75, 3.05) is 13.7 Å². The normalized spacial score (nSPS) is 10.9. The van der Waals surface area contributed by atoms with Crippen LogP contribution >= 0.6 is 0 Å². The predicted octanol–water partition coefficient (Wildman–Crippen LogP) is 4.01. The zero-order valence-corrected chi connectivity index (χ0v) is 17.5. The minimum Gasteiger partial charge on any atom is -0.493 e. The maximum absolute atomic E-state index is 12.2. The summed E-state index contributed by atoms with van der Waals surface area (Å²) in [6.07, 6.45) is 3.11. The first-order valence-electron chi connectivity index (χ1n) is 9.98. The highest BCUT2D eigenvalue weighted by Gasteiger charge is 2.13. The lowest BCUT2D eigenvalue weighted by atomic mass is 10.1. The zero-order valence-electron chi connectivity index (χ0n) is 17.5. The molecule has 0 aliphatic carbocycles. The summed E-state index contributed by atoms with van der Waals surface area (Å²) in [6.45, 7) is 5.34. The molecule has 0 saturated carbocycles. The van der Waals surface area contributed by atoms with Crippen molar-refractivity contribution < 1.29 is 23.2 Å². The highest BCUT2D eigenvalue weighted by Crippen LogP contribution is 2.28. The molecule has 0 radical (unpaired) electrons. The van der Waals surface area contributed by atoms with Gasteiger partial charge < -0.3 is 23.7 Å². The minimum absolute atomic E-state index is 0.107. The smallest absolute Gasteiger partial charge is 0.238 e. The molecule has 3 aromatic rings. The van der Waals surface area contributed by atoms with E-state index in [1.165, 1.54) is 6.26 Å². The molecule has 2 aromatic heterocycles. The molecule has 0 bridgehead atoms. The van der Waals surface area contributed by atoms with Crippen LogP contribution in [0.3, 0.4) is 0 Å². The van der Waals surface area contributed by atoms with E-state index in [0.717, 1.165) is 12.0 Å². The van der Waals surface area contributed by atoms with Crippen LogP contribution in [0, 0.1) is 5.92 Å². The number of hydrogen-bond acceptors (Lipinski definition) is 7. The number of carbonyl (C=O) groups excluding carboxylic acids is 1. The Morgan fingerprint density at radius 3 is 2.83 bits per heavy atom. The Hall–Kier alpha value is -3.29. The molecule has 8 nitrogen and oxygen atoms in total. The van der Waals surface area contributed by atoms with Crippen LogP contribution in [0.15, 0.2) is 45.5 Å². The lowest BCUT2D eigenvalue weighted by molar-refractivity contribution is -0.121. The molecule has 0 saturated heterocycles. The molecule has 0 aliphatic heterocycles. The summed E-state index contributed by atoms with van der Waals surface area (Å²) in [5.74, 6) is 3.12. The van der Waals surface area contributed by atoms with E-state index in [0.29, 0.717) is 54.5 Å². The number of rotatable bonds is 11. The molecular weight excluding hydrogens is 386 g/mol. The summed E-state index contributed by atoms with van der Waals surface area (Å²) in [4.78, 5) is 16.4. The van der Waals surface area contributed by atoms with E-state index in [-0.39, 0.29) is 12.3 Å². The first-order chi connectivity index (χ1) is 14.5. The molecule has 0 aliphatic rings. The molecule has 3 rings (SSSR count). The van der Waals surface area contributed by atoms with E-state index in [1.807, 2.05) is 18.2 Å². The Labute approximate surface area is 175 Å². The van der Waals surface area contributed by atoms with Crippen LogP contribution in [-0.2, 0) is 17.8 Å². The van der Waals surface area contributed by atoms with E-state index in [2.05, 4.69) is 29.3 Å². The molecule has 0 spiro atoms. The third-order valence-electron chi connectivity index (χ3n) is 4.45. The lowest BCUT2D eigenvalue weighted by Gasteiger charge is -2.13. The van der Waals surface area contributed by atoms with Gasteiger partial charge in [-0.2, -0.15) is 4.98 Å². The maximum atomic E-state index is 12.2. The number of aryl methyl sites for hydroxylation is 1. The quantitative estimate of drug-likeness (QED) is 0.507. The van der Waals surface area contributed by atoms with Gasteiger partial charge in [0.25, 0.3) is 0 Å². The Morgan fingerprint density at radius 1 is 1.23 bits per heavy atom. The number of aromatic nitrogens is 2. The summed E-state index contributed by atoms with van der Waals surface area (Å²) < 4.78 is 21.6. The molecule has 2 heterocycles. The van der Waals surface area contributed by atoms with Gasteiger partial charge in [-0.15, -0.1) is 0 Å². The van der Waals surface area contributed by atoms with Crippen molar-refractivity contribution in [3.8, 4) is 23.1 Å². The Bertz CT molecular complexity index is 934. The van der Waals surface area contributed by atoms with Crippen molar-refractivity contribution >= 4 is 5.91 Å². The van der Waals surface area contributed by atoms with Crippen molar-refractivity contribution in [3.05, 3.63) is 48.0 Å². The first kappa shape index (κ1) is 21.4. The monoisotopic (exact) mass is 413 g/mol.